The molecule has 1 aliphatic heterocycles. The lowest BCUT2D eigenvalue weighted by Crippen LogP contribution is -2.00. The van der Waals surface area contributed by atoms with E-state index in [-0.39, 0.29) is 18.1 Å². The smallest absolute Gasteiger partial charge is 0.454 e. The van der Waals surface area contributed by atoms with Crippen LogP contribution in [0, 0.1) is 0 Å². The second-order valence-corrected chi connectivity index (χ2v) is 6.05. The van der Waals surface area contributed by atoms with E-state index in [0.717, 1.165) is 5.56 Å². The fourth-order valence-corrected chi connectivity index (χ4v) is 2.57. The van der Waals surface area contributed by atoms with Crippen LogP contribution in [0.3, 0.4) is 0 Å². The molecule has 0 fully saturated rings. The SMILES string of the molecule is O=C(/C=C/c1ccc2c(c1)OCO2)c1ccccc1OP(=O)(O)O. The summed E-state index contributed by atoms with van der Waals surface area (Å²) in [5.41, 5.74) is 0.777. The number of para-hydroxylation sites is 1. The lowest BCUT2D eigenvalue weighted by atomic mass is 10.1. The van der Waals surface area contributed by atoms with E-state index in [9.17, 15) is 9.36 Å². The number of ether oxygens (including phenoxy) is 2. The zero-order valence-corrected chi connectivity index (χ0v) is 13.2. The average Bonchev–Trinajstić information content (AvgIpc) is 2.99. The van der Waals surface area contributed by atoms with E-state index in [2.05, 4.69) is 4.52 Å². The summed E-state index contributed by atoms with van der Waals surface area (Å²) >= 11 is 0. The van der Waals surface area contributed by atoms with Crippen molar-refractivity contribution >= 4 is 19.7 Å². The van der Waals surface area contributed by atoms with Gasteiger partial charge in [-0.05, 0) is 35.9 Å². The molecule has 8 heteroatoms. The van der Waals surface area contributed by atoms with E-state index in [4.69, 9.17) is 19.3 Å². The molecule has 0 bridgehead atoms. The molecular formula is C16H13O7P. The first kappa shape index (κ1) is 16.3. The monoisotopic (exact) mass is 348 g/mol. The van der Waals surface area contributed by atoms with Gasteiger partial charge in [0.15, 0.2) is 17.3 Å². The molecule has 2 N–H and O–H groups in total. The van der Waals surface area contributed by atoms with Crippen molar-refractivity contribution in [3.05, 3.63) is 59.7 Å². The van der Waals surface area contributed by atoms with Crippen LogP contribution in [0.25, 0.3) is 6.08 Å². The lowest BCUT2D eigenvalue weighted by molar-refractivity contribution is 0.104. The Balaban J connectivity index is 1.81. The van der Waals surface area contributed by atoms with Crippen LogP contribution < -0.4 is 14.0 Å². The van der Waals surface area contributed by atoms with E-state index in [1.807, 2.05) is 0 Å². The van der Waals surface area contributed by atoms with Crippen LogP contribution in [0.5, 0.6) is 17.2 Å². The summed E-state index contributed by atoms with van der Waals surface area (Å²) in [6.45, 7) is 0.161. The highest BCUT2D eigenvalue weighted by molar-refractivity contribution is 7.46. The number of rotatable bonds is 5. The highest BCUT2D eigenvalue weighted by atomic mass is 31.2. The van der Waals surface area contributed by atoms with Crippen LogP contribution in [-0.4, -0.2) is 22.4 Å². The largest absolute Gasteiger partial charge is 0.524 e. The quantitative estimate of drug-likeness (QED) is 0.486. The molecule has 2 aromatic rings. The van der Waals surface area contributed by atoms with E-state index < -0.39 is 13.6 Å². The van der Waals surface area contributed by atoms with Crippen molar-refractivity contribution in [2.75, 3.05) is 6.79 Å². The second kappa shape index (κ2) is 6.49. The molecule has 0 aromatic heterocycles. The summed E-state index contributed by atoms with van der Waals surface area (Å²) in [5.74, 6) is 0.608. The van der Waals surface area contributed by atoms with Crippen LogP contribution in [0.1, 0.15) is 15.9 Å². The van der Waals surface area contributed by atoms with E-state index in [0.29, 0.717) is 11.5 Å². The Bertz CT molecular complexity index is 853. The predicted molar refractivity (Wildman–Crippen MR) is 85.0 cm³/mol. The minimum Gasteiger partial charge on any atom is -0.454 e. The molecule has 1 aliphatic rings. The molecule has 0 saturated carbocycles. The Morgan fingerprint density at radius 1 is 1.12 bits per heavy atom. The van der Waals surface area contributed by atoms with E-state index in [1.54, 1.807) is 30.3 Å². The maximum atomic E-state index is 12.3. The van der Waals surface area contributed by atoms with Crippen LogP contribution in [0.15, 0.2) is 48.5 Å². The number of fused-ring (bicyclic) bond motifs is 1. The van der Waals surface area contributed by atoms with Gasteiger partial charge in [0.25, 0.3) is 0 Å². The zero-order valence-electron chi connectivity index (χ0n) is 12.3. The number of ketones is 1. The lowest BCUT2D eigenvalue weighted by Gasteiger charge is -2.09. The molecule has 0 amide bonds. The maximum Gasteiger partial charge on any atom is 0.524 e. The van der Waals surface area contributed by atoms with Gasteiger partial charge in [-0.25, -0.2) is 4.57 Å². The van der Waals surface area contributed by atoms with Crippen molar-refractivity contribution in [3.63, 3.8) is 0 Å². The van der Waals surface area contributed by atoms with Crippen LogP contribution in [-0.2, 0) is 4.57 Å². The molecule has 0 radical (unpaired) electrons. The van der Waals surface area contributed by atoms with Gasteiger partial charge in [0.2, 0.25) is 6.79 Å². The molecule has 24 heavy (non-hydrogen) atoms. The third-order valence-electron chi connectivity index (χ3n) is 3.19. The average molecular weight is 348 g/mol. The third kappa shape index (κ3) is 3.83. The summed E-state index contributed by atoms with van der Waals surface area (Å²) in [5, 5.41) is 0. The molecule has 2 aromatic carbocycles. The number of carbonyl (C=O) groups is 1. The number of phosphoric acid groups is 1. The van der Waals surface area contributed by atoms with Crippen molar-refractivity contribution in [3.8, 4) is 17.2 Å². The normalized spacial score (nSPS) is 13.2. The van der Waals surface area contributed by atoms with Crippen molar-refractivity contribution in [2.24, 2.45) is 0 Å². The van der Waals surface area contributed by atoms with Crippen molar-refractivity contribution in [2.45, 2.75) is 0 Å². The van der Waals surface area contributed by atoms with Gasteiger partial charge in [0.05, 0.1) is 5.56 Å². The number of hydrogen-bond donors (Lipinski definition) is 2. The first-order valence-corrected chi connectivity index (χ1v) is 8.42. The molecule has 0 saturated heterocycles. The molecule has 0 spiro atoms. The standard InChI is InChI=1S/C16H13O7P/c17-13(12-3-1-2-4-14(12)23-24(18,19)20)7-5-11-6-8-15-16(9-11)22-10-21-15/h1-9H,10H2,(H2,18,19,20)/b7-5+. The topological polar surface area (TPSA) is 102 Å². The molecule has 124 valence electrons. The highest BCUT2D eigenvalue weighted by Crippen LogP contribution is 2.39. The second-order valence-electron chi connectivity index (χ2n) is 4.89. The Labute approximate surface area is 137 Å². The summed E-state index contributed by atoms with van der Waals surface area (Å²) in [7, 11) is -4.75. The summed E-state index contributed by atoms with van der Waals surface area (Å²) in [6.07, 6.45) is 2.86. The third-order valence-corrected chi connectivity index (χ3v) is 3.63. The molecule has 0 unspecified atom stereocenters. The molecular weight excluding hydrogens is 335 g/mol. The van der Waals surface area contributed by atoms with Crippen molar-refractivity contribution in [1.29, 1.82) is 0 Å². The van der Waals surface area contributed by atoms with Crippen molar-refractivity contribution in [1.82, 2.24) is 0 Å². The fourth-order valence-electron chi connectivity index (χ4n) is 2.16. The van der Waals surface area contributed by atoms with E-state index >= 15 is 0 Å². The molecule has 1 heterocycles. The Morgan fingerprint density at radius 2 is 1.88 bits per heavy atom. The number of hydrogen-bond acceptors (Lipinski definition) is 5. The number of benzene rings is 2. The Kier molecular flexibility index (Phi) is 4.40. The van der Waals surface area contributed by atoms with E-state index in [1.165, 1.54) is 24.3 Å². The highest BCUT2D eigenvalue weighted by Gasteiger charge is 2.20. The van der Waals surface area contributed by atoms with Gasteiger partial charge >= 0.3 is 7.82 Å². The predicted octanol–water partition coefficient (Wildman–Crippen LogP) is 2.78. The fraction of sp³-hybridized carbons (Fsp3) is 0.0625. The Hall–Kier alpha value is -2.60. The number of carbonyl (C=O) groups excluding carboxylic acids is 1. The van der Waals surface area contributed by atoms with Gasteiger partial charge in [-0.2, -0.15) is 0 Å². The van der Waals surface area contributed by atoms with Gasteiger partial charge in [0.1, 0.15) is 5.75 Å². The minimum atomic E-state index is -4.75. The van der Waals surface area contributed by atoms with Crippen LogP contribution in [0.2, 0.25) is 0 Å². The molecule has 7 nitrogen and oxygen atoms in total. The summed E-state index contributed by atoms with van der Waals surface area (Å²) < 4.78 is 26.0. The zero-order chi connectivity index (χ0) is 17.2. The van der Waals surface area contributed by atoms with Gasteiger partial charge in [-0.1, -0.05) is 24.3 Å². The van der Waals surface area contributed by atoms with Crippen molar-refractivity contribution < 1.29 is 33.1 Å². The maximum absolute atomic E-state index is 12.3. The first-order valence-electron chi connectivity index (χ1n) is 6.89. The van der Waals surface area contributed by atoms with Crippen LogP contribution in [0.4, 0.5) is 0 Å². The Morgan fingerprint density at radius 3 is 2.67 bits per heavy atom. The molecule has 0 aliphatic carbocycles. The van der Waals surface area contributed by atoms with Crippen LogP contribution >= 0.6 is 7.82 Å². The molecule has 3 rings (SSSR count). The molecule has 0 atom stereocenters. The minimum absolute atomic E-state index is 0.0535. The van der Waals surface area contributed by atoms with Gasteiger partial charge in [0, 0.05) is 0 Å². The van der Waals surface area contributed by atoms with Gasteiger partial charge in [-0.3, -0.25) is 14.6 Å². The number of phosphoric ester groups is 1. The van der Waals surface area contributed by atoms with Gasteiger partial charge in [-0.15, -0.1) is 0 Å². The summed E-state index contributed by atoms with van der Waals surface area (Å²) in [4.78, 5) is 30.1. The number of allylic oxidation sites excluding steroid dienone is 1. The van der Waals surface area contributed by atoms with Gasteiger partial charge < -0.3 is 14.0 Å². The first-order chi connectivity index (χ1) is 11.4. The summed E-state index contributed by atoms with van der Waals surface area (Å²) in [6, 6.07) is 11.1.